The Hall–Kier alpha value is -3.02. The molecule has 0 spiro atoms. The molecular weight excluding hydrogens is 346 g/mol. The molecule has 0 heterocycles. The van der Waals surface area contributed by atoms with E-state index in [9.17, 15) is 14.7 Å². The Morgan fingerprint density at radius 2 is 1.81 bits per heavy atom. The van der Waals surface area contributed by atoms with E-state index in [1.165, 1.54) is 30.9 Å². The van der Waals surface area contributed by atoms with Gasteiger partial charge >= 0.3 is 5.97 Å². The molecule has 0 atom stereocenters. The Morgan fingerprint density at radius 3 is 2.41 bits per heavy atom. The molecule has 27 heavy (non-hydrogen) atoms. The molecule has 0 aliphatic rings. The molecule has 0 radical (unpaired) electrons. The van der Waals surface area contributed by atoms with Crippen molar-refractivity contribution in [2.75, 3.05) is 20.3 Å². The SMILES string of the molecule is COc1ccc(C(=O)OCC(=O)NCCc2ccc(C(C)C)cc2)c(O)c1. The molecule has 0 aliphatic carbocycles. The first-order chi connectivity index (χ1) is 12.9. The zero-order valence-corrected chi connectivity index (χ0v) is 15.8. The van der Waals surface area contributed by atoms with Gasteiger partial charge in [0, 0.05) is 12.6 Å². The van der Waals surface area contributed by atoms with Crippen molar-refractivity contribution >= 4 is 11.9 Å². The van der Waals surface area contributed by atoms with E-state index in [1.54, 1.807) is 0 Å². The van der Waals surface area contributed by atoms with Gasteiger partial charge in [-0.25, -0.2) is 4.79 Å². The zero-order valence-electron chi connectivity index (χ0n) is 15.8. The molecular formula is C21H25NO5. The van der Waals surface area contributed by atoms with Crippen LogP contribution in [0.3, 0.4) is 0 Å². The highest BCUT2D eigenvalue weighted by atomic mass is 16.5. The topological polar surface area (TPSA) is 84.9 Å². The molecule has 0 saturated heterocycles. The predicted octanol–water partition coefficient (Wildman–Crippen LogP) is 3.04. The Balaban J connectivity index is 1.75. The lowest BCUT2D eigenvalue weighted by atomic mass is 10.0. The molecule has 1 amide bonds. The number of phenols is 1. The summed E-state index contributed by atoms with van der Waals surface area (Å²) in [5, 5.41) is 12.5. The van der Waals surface area contributed by atoms with Crippen molar-refractivity contribution in [3.05, 3.63) is 59.2 Å². The Bertz CT molecular complexity index is 784. The summed E-state index contributed by atoms with van der Waals surface area (Å²) < 4.78 is 9.89. The van der Waals surface area contributed by atoms with Crippen molar-refractivity contribution in [2.24, 2.45) is 0 Å². The highest BCUT2D eigenvalue weighted by molar-refractivity contribution is 5.94. The maximum Gasteiger partial charge on any atom is 0.342 e. The van der Waals surface area contributed by atoms with Crippen molar-refractivity contribution in [3.63, 3.8) is 0 Å². The lowest BCUT2D eigenvalue weighted by Gasteiger charge is -2.09. The first-order valence-corrected chi connectivity index (χ1v) is 8.80. The average molecular weight is 371 g/mol. The van der Waals surface area contributed by atoms with Crippen LogP contribution < -0.4 is 10.1 Å². The molecule has 0 aliphatic heterocycles. The van der Waals surface area contributed by atoms with E-state index in [4.69, 9.17) is 9.47 Å². The van der Waals surface area contributed by atoms with Crippen LogP contribution in [-0.4, -0.2) is 37.2 Å². The molecule has 0 saturated carbocycles. The molecule has 6 nitrogen and oxygen atoms in total. The van der Waals surface area contributed by atoms with Gasteiger partial charge in [-0.05, 0) is 35.6 Å². The fraction of sp³-hybridized carbons (Fsp3) is 0.333. The lowest BCUT2D eigenvalue weighted by Crippen LogP contribution is -2.30. The summed E-state index contributed by atoms with van der Waals surface area (Å²) >= 11 is 0. The summed E-state index contributed by atoms with van der Waals surface area (Å²) in [6.07, 6.45) is 0.692. The fourth-order valence-corrected chi connectivity index (χ4v) is 2.49. The molecule has 6 heteroatoms. The van der Waals surface area contributed by atoms with E-state index in [0.29, 0.717) is 24.6 Å². The number of esters is 1. The summed E-state index contributed by atoms with van der Waals surface area (Å²) in [6.45, 7) is 4.33. The highest BCUT2D eigenvalue weighted by Crippen LogP contribution is 2.23. The number of aromatic hydroxyl groups is 1. The van der Waals surface area contributed by atoms with Crippen LogP contribution in [0.4, 0.5) is 0 Å². The second kappa shape index (κ2) is 9.62. The monoisotopic (exact) mass is 371 g/mol. The molecule has 0 fully saturated rings. The first-order valence-electron chi connectivity index (χ1n) is 8.80. The second-order valence-corrected chi connectivity index (χ2v) is 6.46. The number of carbonyl (C=O) groups is 2. The molecule has 2 N–H and O–H groups in total. The van der Waals surface area contributed by atoms with Crippen molar-refractivity contribution in [2.45, 2.75) is 26.2 Å². The third kappa shape index (κ3) is 6.02. The molecule has 0 bridgehead atoms. The van der Waals surface area contributed by atoms with Crippen LogP contribution in [0.2, 0.25) is 0 Å². The van der Waals surface area contributed by atoms with Crippen LogP contribution >= 0.6 is 0 Å². The number of hydrogen-bond donors (Lipinski definition) is 2. The van der Waals surface area contributed by atoms with Gasteiger partial charge < -0.3 is 19.9 Å². The molecule has 0 unspecified atom stereocenters. The number of hydrogen-bond acceptors (Lipinski definition) is 5. The second-order valence-electron chi connectivity index (χ2n) is 6.46. The third-order valence-corrected chi connectivity index (χ3v) is 4.14. The quantitative estimate of drug-likeness (QED) is 0.697. The Morgan fingerprint density at radius 1 is 1.11 bits per heavy atom. The Labute approximate surface area is 159 Å². The van der Waals surface area contributed by atoms with Crippen LogP contribution in [-0.2, 0) is 16.0 Å². The largest absolute Gasteiger partial charge is 0.507 e. The van der Waals surface area contributed by atoms with Gasteiger partial charge in [-0.2, -0.15) is 0 Å². The van der Waals surface area contributed by atoms with E-state index in [1.807, 2.05) is 12.1 Å². The molecule has 2 aromatic rings. The number of carbonyl (C=O) groups excluding carboxylic acids is 2. The summed E-state index contributed by atoms with van der Waals surface area (Å²) in [4.78, 5) is 23.8. The van der Waals surface area contributed by atoms with E-state index < -0.39 is 18.5 Å². The van der Waals surface area contributed by atoms with Crippen molar-refractivity contribution in [1.29, 1.82) is 0 Å². The van der Waals surface area contributed by atoms with E-state index in [2.05, 4.69) is 31.3 Å². The summed E-state index contributed by atoms with van der Waals surface area (Å²) in [5.41, 5.74) is 2.38. The summed E-state index contributed by atoms with van der Waals surface area (Å²) in [5.74, 6) is -0.517. The van der Waals surface area contributed by atoms with Crippen molar-refractivity contribution < 1.29 is 24.2 Å². The smallest absolute Gasteiger partial charge is 0.342 e. The lowest BCUT2D eigenvalue weighted by molar-refractivity contribution is -0.124. The first kappa shape index (κ1) is 20.3. The Kier molecular flexibility index (Phi) is 7.23. The van der Waals surface area contributed by atoms with Crippen LogP contribution in [0.5, 0.6) is 11.5 Å². The minimum Gasteiger partial charge on any atom is -0.507 e. The van der Waals surface area contributed by atoms with Gasteiger partial charge in [-0.3, -0.25) is 4.79 Å². The number of rotatable bonds is 8. The number of amides is 1. The van der Waals surface area contributed by atoms with Gasteiger partial charge in [-0.15, -0.1) is 0 Å². The number of methoxy groups -OCH3 is 1. The van der Waals surface area contributed by atoms with Gasteiger partial charge in [0.2, 0.25) is 0 Å². The average Bonchev–Trinajstić information content (AvgIpc) is 2.66. The fourth-order valence-electron chi connectivity index (χ4n) is 2.49. The maximum atomic E-state index is 11.9. The number of nitrogens with one attached hydrogen (secondary N) is 1. The zero-order chi connectivity index (χ0) is 19.8. The van der Waals surface area contributed by atoms with E-state index in [-0.39, 0.29) is 11.3 Å². The number of phenolic OH excluding ortho intramolecular Hbond substituents is 1. The molecule has 0 aromatic heterocycles. The van der Waals surface area contributed by atoms with Crippen molar-refractivity contribution in [1.82, 2.24) is 5.32 Å². The van der Waals surface area contributed by atoms with Gasteiger partial charge in [-0.1, -0.05) is 38.1 Å². The summed E-state index contributed by atoms with van der Waals surface area (Å²) in [6, 6.07) is 12.5. The minimum absolute atomic E-state index is 0.0196. The third-order valence-electron chi connectivity index (χ3n) is 4.14. The highest BCUT2D eigenvalue weighted by Gasteiger charge is 2.15. The van der Waals surface area contributed by atoms with E-state index >= 15 is 0 Å². The van der Waals surface area contributed by atoms with Crippen LogP contribution in [0.25, 0.3) is 0 Å². The number of ether oxygens (including phenoxy) is 2. The standard InChI is InChI=1S/C21H25NO5/c1-14(2)16-6-4-15(5-7-16)10-11-22-20(24)13-27-21(25)18-9-8-17(26-3)12-19(18)23/h4-9,12,14,23H,10-11,13H2,1-3H3,(H,22,24). The van der Waals surface area contributed by atoms with E-state index in [0.717, 1.165) is 5.56 Å². The van der Waals surface area contributed by atoms with Gasteiger partial charge in [0.15, 0.2) is 6.61 Å². The molecule has 2 aromatic carbocycles. The predicted molar refractivity (Wildman–Crippen MR) is 102 cm³/mol. The maximum absolute atomic E-state index is 11.9. The van der Waals surface area contributed by atoms with Crippen LogP contribution in [0.15, 0.2) is 42.5 Å². The molecule has 2 rings (SSSR count). The van der Waals surface area contributed by atoms with Gasteiger partial charge in [0.1, 0.15) is 17.1 Å². The van der Waals surface area contributed by atoms with Gasteiger partial charge in [0.05, 0.1) is 7.11 Å². The van der Waals surface area contributed by atoms with Crippen molar-refractivity contribution in [3.8, 4) is 11.5 Å². The summed E-state index contributed by atoms with van der Waals surface area (Å²) in [7, 11) is 1.45. The minimum atomic E-state index is -0.769. The normalized spacial score (nSPS) is 10.5. The van der Waals surface area contributed by atoms with Crippen LogP contribution in [0.1, 0.15) is 41.3 Å². The molecule has 144 valence electrons. The van der Waals surface area contributed by atoms with Crippen LogP contribution in [0, 0.1) is 0 Å². The van der Waals surface area contributed by atoms with Gasteiger partial charge in [0.25, 0.3) is 5.91 Å². The number of benzene rings is 2.